The molecule has 15 heavy (non-hydrogen) atoms. The molecule has 4 nitrogen and oxygen atoms in total. The summed E-state index contributed by atoms with van der Waals surface area (Å²) >= 11 is 0. The molecule has 0 unspecified atom stereocenters. The predicted octanol–water partition coefficient (Wildman–Crippen LogP) is 0.871. The summed E-state index contributed by atoms with van der Waals surface area (Å²) in [4.78, 5) is 13.5. The van der Waals surface area contributed by atoms with Crippen LogP contribution < -0.4 is 5.32 Å². The van der Waals surface area contributed by atoms with E-state index in [-0.39, 0.29) is 5.91 Å². The number of nitrogens with one attached hydrogen (secondary N) is 1. The van der Waals surface area contributed by atoms with Crippen molar-refractivity contribution in [2.45, 2.75) is 27.2 Å². The fourth-order valence-corrected chi connectivity index (χ4v) is 1.25. The summed E-state index contributed by atoms with van der Waals surface area (Å²) in [6, 6.07) is 0. The zero-order chi connectivity index (χ0) is 11.5. The van der Waals surface area contributed by atoms with Gasteiger partial charge >= 0.3 is 0 Å². The van der Waals surface area contributed by atoms with Crippen LogP contribution >= 0.6 is 0 Å². The van der Waals surface area contributed by atoms with Gasteiger partial charge in [0.15, 0.2) is 0 Å². The summed E-state index contributed by atoms with van der Waals surface area (Å²) in [6.45, 7) is 10.6. The highest BCUT2D eigenvalue weighted by Crippen LogP contribution is 1.86. The number of hydrogen-bond donors (Lipinski definition) is 1. The lowest BCUT2D eigenvalue weighted by molar-refractivity contribution is -0.122. The van der Waals surface area contributed by atoms with E-state index < -0.39 is 0 Å². The van der Waals surface area contributed by atoms with E-state index in [9.17, 15) is 4.79 Å². The van der Waals surface area contributed by atoms with Crippen LogP contribution in [0.5, 0.6) is 0 Å². The summed E-state index contributed by atoms with van der Waals surface area (Å²) in [7, 11) is 0. The maximum atomic E-state index is 11.4. The quantitative estimate of drug-likeness (QED) is 0.582. The van der Waals surface area contributed by atoms with Gasteiger partial charge in [0, 0.05) is 19.8 Å². The molecule has 0 aliphatic heterocycles. The lowest BCUT2D eigenvalue weighted by Crippen LogP contribution is -2.37. The Balaban J connectivity index is 3.40. The molecule has 0 saturated carbocycles. The Hall–Kier alpha value is -0.610. The van der Waals surface area contributed by atoms with Gasteiger partial charge in [0.1, 0.15) is 0 Å². The first-order valence-corrected chi connectivity index (χ1v) is 5.81. The number of carbonyl (C=O) groups is 1. The van der Waals surface area contributed by atoms with E-state index in [1.54, 1.807) is 0 Å². The van der Waals surface area contributed by atoms with Gasteiger partial charge in [-0.15, -0.1) is 0 Å². The molecule has 0 bridgehead atoms. The van der Waals surface area contributed by atoms with Gasteiger partial charge in [-0.05, 0) is 26.4 Å². The largest absolute Gasteiger partial charge is 0.382 e. The summed E-state index contributed by atoms with van der Waals surface area (Å²) in [5.74, 6) is 0.107. The molecule has 0 heterocycles. The summed E-state index contributed by atoms with van der Waals surface area (Å²) in [5.41, 5.74) is 0. The molecule has 0 rings (SSSR count). The molecule has 0 aromatic carbocycles. The first kappa shape index (κ1) is 14.4. The normalized spacial score (nSPS) is 10.7. The molecule has 4 heteroatoms. The third kappa shape index (κ3) is 8.39. The van der Waals surface area contributed by atoms with Gasteiger partial charge in [0.05, 0.1) is 6.54 Å². The molecule has 1 N–H and O–H groups in total. The van der Waals surface area contributed by atoms with Crippen LogP contribution in [0, 0.1) is 0 Å². The van der Waals surface area contributed by atoms with E-state index in [0.717, 1.165) is 32.7 Å². The van der Waals surface area contributed by atoms with Crippen LogP contribution in [0.1, 0.15) is 27.2 Å². The molecule has 0 aliphatic rings. The van der Waals surface area contributed by atoms with Gasteiger partial charge in [-0.2, -0.15) is 0 Å². The number of likely N-dealkylation sites (N-methyl/N-ethyl adjacent to an activating group) is 1. The van der Waals surface area contributed by atoms with Gasteiger partial charge in [0.25, 0.3) is 0 Å². The standard InChI is InChI=1S/C11H24N2O2/c1-4-13(5-2)10-11(14)12-8-7-9-15-6-3/h4-10H2,1-3H3,(H,12,14). The Bertz CT molecular complexity index is 159. The third-order valence-electron chi connectivity index (χ3n) is 2.25. The van der Waals surface area contributed by atoms with Crippen LogP contribution in [0.2, 0.25) is 0 Å². The molecule has 0 aromatic rings. The van der Waals surface area contributed by atoms with Gasteiger partial charge < -0.3 is 10.1 Å². The number of hydrogen-bond acceptors (Lipinski definition) is 3. The smallest absolute Gasteiger partial charge is 0.234 e. The molecule has 0 aliphatic carbocycles. The predicted molar refractivity (Wildman–Crippen MR) is 61.9 cm³/mol. The monoisotopic (exact) mass is 216 g/mol. The molecule has 90 valence electrons. The van der Waals surface area contributed by atoms with E-state index in [4.69, 9.17) is 4.74 Å². The van der Waals surface area contributed by atoms with Crippen molar-refractivity contribution in [2.24, 2.45) is 0 Å². The molecule has 0 saturated heterocycles. The maximum Gasteiger partial charge on any atom is 0.234 e. The highest BCUT2D eigenvalue weighted by atomic mass is 16.5. The lowest BCUT2D eigenvalue weighted by atomic mass is 10.4. The van der Waals surface area contributed by atoms with Crippen LogP contribution in [0.3, 0.4) is 0 Å². The fraction of sp³-hybridized carbons (Fsp3) is 0.909. The van der Waals surface area contributed by atoms with E-state index >= 15 is 0 Å². The topological polar surface area (TPSA) is 41.6 Å². The molecule has 1 amide bonds. The first-order valence-electron chi connectivity index (χ1n) is 5.81. The minimum atomic E-state index is 0.107. The molecule has 0 atom stereocenters. The minimum absolute atomic E-state index is 0.107. The Morgan fingerprint density at radius 2 is 1.93 bits per heavy atom. The average Bonchev–Trinajstić information content (AvgIpc) is 2.25. The number of amides is 1. The van der Waals surface area contributed by atoms with Crippen molar-refractivity contribution in [3.63, 3.8) is 0 Å². The first-order chi connectivity index (χ1) is 7.24. The number of ether oxygens (including phenoxy) is 1. The summed E-state index contributed by atoms with van der Waals surface area (Å²) in [5, 5.41) is 2.88. The zero-order valence-corrected chi connectivity index (χ0v) is 10.2. The number of nitrogens with zero attached hydrogens (tertiary/aromatic N) is 1. The summed E-state index contributed by atoms with van der Waals surface area (Å²) < 4.78 is 5.18. The van der Waals surface area contributed by atoms with Crippen LogP contribution in [0.15, 0.2) is 0 Å². The Labute approximate surface area is 93.0 Å². The van der Waals surface area contributed by atoms with Crippen molar-refractivity contribution in [1.82, 2.24) is 10.2 Å². The fourth-order valence-electron chi connectivity index (χ4n) is 1.25. The lowest BCUT2D eigenvalue weighted by Gasteiger charge is -2.17. The van der Waals surface area contributed by atoms with Crippen LogP contribution in [-0.2, 0) is 9.53 Å². The zero-order valence-electron chi connectivity index (χ0n) is 10.2. The van der Waals surface area contributed by atoms with Crippen molar-refractivity contribution in [1.29, 1.82) is 0 Å². The molecule has 0 radical (unpaired) electrons. The Morgan fingerprint density at radius 1 is 1.27 bits per heavy atom. The average molecular weight is 216 g/mol. The van der Waals surface area contributed by atoms with Crippen molar-refractivity contribution in [2.75, 3.05) is 39.4 Å². The second-order valence-electron chi connectivity index (χ2n) is 3.36. The van der Waals surface area contributed by atoms with Gasteiger partial charge in [-0.3, -0.25) is 9.69 Å². The highest BCUT2D eigenvalue weighted by Gasteiger charge is 2.05. The van der Waals surface area contributed by atoms with Crippen molar-refractivity contribution < 1.29 is 9.53 Å². The number of rotatable bonds is 9. The van der Waals surface area contributed by atoms with Crippen molar-refractivity contribution in [3.8, 4) is 0 Å². The van der Waals surface area contributed by atoms with Gasteiger partial charge in [-0.1, -0.05) is 13.8 Å². The highest BCUT2D eigenvalue weighted by molar-refractivity contribution is 5.77. The van der Waals surface area contributed by atoms with E-state index in [1.165, 1.54) is 0 Å². The van der Waals surface area contributed by atoms with Crippen LogP contribution in [0.25, 0.3) is 0 Å². The minimum Gasteiger partial charge on any atom is -0.382 e. The van der Waals surface area contributed by atoms with E-state index in [0.29, 0.717) is 13.1 Å². The second-order valence-corrected chi connectivity index (χ2v) is 3.36. The van der Waals surface area contributed by atoms with Crippen molar-refractivity contribution in [3.05, 3.63) is 0 Å². The van der Waals surface area contributed by atoms with Crippen LogP contribution in [0.4, 0.5) is 0 Å². The molecule has 0 aromatic heterocycles. The van der Waals surface area contributed by atoms with Crippen LogP contribution in [-0.4, -0.2) is 50.2 Å². The maximum absolute atomic E-state index is 11.4. The van der Waals surface area contributed by atoms with E-state index in [2.05, 4.69) is 24.1 Å². The van der Waals surface area contributed by atoms with Crippen molar-refractivity contribution >= 4 is 5.91 Å². The second kappa shape index (κ2) is 9.93. The third-order valence-corrected chi connectivity index (χ3v) is 2.25. The van der Waals surface area contributed by atoms with E-state index in [1.807, 2.05) is 6.92 Å². The van der Waals surface area contributed by atoms with Gasteiger partial charge in [-0.25, -0.2) is 0 Å². The number of carbonyl (C=O) groups excluding carboxylic acids is 1. The molecule has 0 fully saturated rings. The molecular weight excluding hydrogens is 192 g/mol. The molecular formula is C11H24N2O2. The van der Waals surface area contributed by atoms with Gasteiger partial charge in [0.2, 0.25) is 5.91 Å². The molecule has 0 spiro atoms. The Morgan fingerprint density at radius 3 is 2.47 bits per heavy atom. The Kier molecular flexibility index (Phi) is 9.52. The SMILES string of the molecule is CCOCCCNC(=O)CN(CC)CC. The summed E-state index contributed by atoms with van der Waals surface area (Å²) in [6.07, 6.45) is 0.887.